The summed E-state index contributed by atoms with van der Waals surface area (Å²) >= 11 is 0. The first-order chi connectivity index (χ1) is 12.2. The van der Waals surface area contributed by atoms with Crippen molar-refractivity contribution in [1.82, 2.24) is 29.9 Å². The van der Waals surface area contributed by atoms with Gasteiger partial charge in [-0.2, -0.15) is 10.2 Å². The Balaban J connectivity index is 1.39. The van der Waals surface area contributed by atoms with Gasteiger partial charge in [0.15, 0.2) is 5.82 Å². The summed E-state index contributed by atoms with van der Waals surface area (Å²) in [5.74, 6) is 3.89. The number of carbonyl (C=O) groups excluding carboxylic acids is 1. The number of hydrogen-bond donors (Lipinski definition) is 1. The van der Waals surface area contributed by atoms with Gasteiger partial charge in [0, 0.05) is 13.1 Å². The maximum absolute atomic E-state index is 13.0. The number of amides is 1. The van der Waals surface area contributed by atoms with Crippen LogP contribution in [0.15, 0.2) is 18.9 Å². The molecule has 1 N–H and O–H groups in total. The van der Waals surface area contributed by atoms with Gasteiger partial charge in [-0.05, 0) is 62.2 Å². The highest BCUT2D eigenvalue weighted by atomic mass is 16.1. The van der Waals surface area contributed by atoms with Crippen molar-refractivity contribution in [2.24, 2.45) is 30.7 Å². The van der Waals surface area contributed by atoms with E-state index in [1.807, 2.05) is 7.05 Å². The minimum absolute atomic E-state index is 0.0372. The van der Waals surface area contributed by atoms with E-state index in [0.717, 1.165) is 24.2 Å². The highest BCUT2D eigenvalue weighted by molar-refractivity contribution is 5.97. The summed E-state index contributed by atoms with van der Waals surface area (Å²) in [7, 11) is 1.82. The van der Waals surface area contributed by atoms with Crippen LogP contribution in [0.4, 0.5) is 0 Å². The van der Waals surface area contributed by atoms with Crippen LogP contribution in [0.1, 0.15) is 48.9 Å². The number of aromatic nitrogens is 5. The van der Waals surface area contributed by atoms with Gasteiger partial charge in [0.05, 0.1) is 6.20 Å². The standard InChI is InChI=1S/C18H24N6O/c1-23-18(24-10-19-9-21-24)15(8-20-23)17(25)22-16-3-2-11-4-12-6-13(5-11)14(16)7-12/h8-14,16H,2-7H2,1H3,(H,22,25). The number of carbonyl (C=O) groups is 1. The molecule has 5 unspecified atom stereocenters. The van der Waals surface area contributed by atoms with E-state index >= 15 is 0 Å². The van der Waals surface area contributed by atoms with E-state index < -0.39 is 0 Å². The molecule has 3 aliphatic carbocycles. The quantitative estimate of drug-likeness (QED) is 0.926. The van der Waals surface area contributed by atoms with E-state index in [1.54, 1.807) is 21.9 Å². The van der Waals surface area contributed by atoms with Crippen LogP contribution in [0.25, 0.3) is 5.82 Å². The van der Waals surface area contributed by atoms with Crippen LogP contribution in [0.5, 0.6) is 0 Å². The second-order valence-corrected chi connectivity index (χ2v) is 8.10. The topological polar surface area (TPSA) is 77.6 Å². The van der Waals surface area contributed by atoms with Gasteiger partial charge in [-0.15, -0.1) is 0 Å². The first kappa shape index (κ1) is 15.1. The molecule has 3 aliphatic rings. The van der Waals surface area contributed by atoms with Gasteiger partial charge >= 0.3 is 0 Å². The zero-order valence-electron chi connectivity index (χ0n) is 14.5. The van der Waals surface area contributed by atoms with Crippen LogP contribution >= 0.6 is 0 Å². The second-order valence-electron chi connectivity index (χ2n) is 8.10. The third-order valence-corrected chi connectivity index (χ3v) is 6.66. The number of aryl methyl sites for hydroxylation is 1. The third kappa shape index (κ3) is 2.48. The lowest BCUT2D eigenvalue weighted by Crippen LogP contribution is -2.41. The van der Waals surface area contributed by atoms with Crippen molar-refractivity contribution in [3.05, 3.63) is 24.4 Å². The fourth-order valence-electron chi connectivity index (χ4n) is 5.70. The van der Waals surface area contributed by atoms with E-state index in [0.29, 0.717) is 23.3 Å². The molecule has 0 saturated heterocycles. The molecule has 0 spiro atoms. The minimum Gasteiger partial charge on any atom is -0.349 e. The molecule has 0 aliphatic heterocycles. The van der Waals surface area contributed by atoms with Crippen LogP contribution in [0.2, 0.25) is 0 Å². The van der Waals surface area contributed by atoms with Crippen molar-refractivity contribution in [2.75, 3.05) is 0 Å². The molecular weight excluding hydrogens is 316 g/mol. The average molecular weight is 340 g/mol. The molecular formula is C18H24N6O. The van der Waals surface area contributed by atoms with Gasteiger partial charge in [-0.25, -0.2) is 9.67 Å². The molecule has 7 nitrogen and oxygen atoms in total. The summed E-state index contributed by atoms with van der Waals surface area (Å²) in [6.07, 6.45) is 12.6. The molecule has 3 saturated carbocycles. The second kappa shape index (κ2) is 5.68. The average Bonchev–Trinajstić information content (AvgIpc) is 3.28. The maximum atomic E-state index is 13.0. The van der Waals surface area contributed by atoms with E-state index in [9.17, 15) is 4.79 Å². The maximum Gasteiger partial charge on any atom is 0.256 e. The fraction of sp³-hybridized carbons (Fsp3) is 0.667. The molecule has 2 heterocycles. The van der Waals surface area contributed by atoms with E-state index in [2.05, 4.69) is 20.5 Å². The molecule has 1 amide bonds. The molecule has 5 rings (SSSR count). The lowest BCUT2D eigenvalue weighted by molar-refractivity contribution is 0.0912. The van der Waals surface area contributed by atoms with Crippen molar-refractivity contribution >= 4 is 5.91 Å². The Morgan fingerprint density at radius 3 is 2.88 bits per heavy atom. The first-order valence-electron chi connectivity index (χ1n) is 9.37. The van der Waals surface area contributed by atoms with Crippen LogP contribution < -0.4 is 5.32 Å². The summed E-state index contributed by atoms with van der Waals surface area (Å²) < 4.78 is 3.27. The van der Waals surface area contributed by atoms with Gasteiger partial charge in [0.25, 0.3) is 5.91 Å². The largest absolute Gasteiger partial charge is 0.349 e. The minimum atomic E-state index is -0.0372. The normalized spacial score (nSPS) is 33.4. The molecule has 5 atom stereocenters. The highest BCUT2D eigenvalue weighted by Crippen LogP contribution is 2.53. The number of hydrogen-bond acceptors (Lipinski definition) is 4. The Bertz CT molecular complexity index is 782. The Morgan fingerprint density at radius 2 is 2.04 bits per heavy atom. The summed E-state index contributed by atoms with van der Waals surface area (Å²) in [6, 6.07) is 0.302. The Kier molecular flexibility index (Phi) is 3.43. The van der Waals surface area contributed by atoms with Crippen LogP contribution in [-0.2, 0) is 7.05 Å². The third-order valence-electron chi connectivity index (χ3n) is 6.66. The van der Waals surface area contributed by atoms with E-state index in [1.165, 1.54) is 38.4 Å². The highest BCUT2D eigenvalue weighted by Gasteiger charge is 2.46. The lowest BCUT2D eigenvalue weighted by atomic mass is 9.80. The van der Waals surface area contributed by atoms with Gasteiger partial charge in [0.1, 0.15) is 18.2 Å². The SMILES string of the molecule is Cn1ncc(C(=O)NC2CCC3CC4CC(C3)C2C4)c1-n1cncn1. The molecule has 25 heavy (non-hydrogen) atoms. The van der Waals surface area contributed by atoms with Crippen molar-refractivity contribution in [1.29, 1.82) is 0 Å². The van der Waals surface area contributed by atoms with E-state index in [-0.39, 0.29) is 5.91 Å². The summed E-state index contributed by atoms with van der Waals surface area (Å²) in [4.78, 5) is 17.0. The summed E-state index contributed by atoms with van der Waals surface area (Å²) in [5, 5.41) is 11.8. The summed E-state index contributed by atoms with van der Waals surface area (Å²) in [6.45, 7) is 0. The molecule has 3 bridgehead atoms. The van der Waals surface area contributed by atoms with Crippen LogP contribution in [0.3, 0.4) is 0 Å². The van der Waals surface area contributed by atoms with Crippen LogP contribution in [-0.4, -0.2) is 36.5 Å². The molecule has 2 aromatic heterocycles. The molecule has 2 aromatic rings. The fourth-order valence-corrected chi connectivity index (χ4v) is 5.70. The van der Waals surface area contributed by atoms with Gasteiger partial charge in [-0.1, -0.05) is 0 Å². The summed E-state index contributed by atoms with van der Waals surface area (Å²) in [5.41, 5.74) is 0.567. The smallest absolute Gasteiger partial charge is 0.256 e. The molecule has 0 aromatic carbocycles. The first-order valence-corrected chi connectivity index (χ1v) is 9.37. The number of nitrogens with one attached hydrogen (secondary N) is 1. The predicted octanol–water partition coefficient (Wildman–Crippen LogP) is 1.95. The monoisotopic (exact) mass is 340 g/mol. The van der Waals surface area contributed by atoms with Crippen molar-refractivity contribution in [3.63, 3.8) is 0 Å². The molecule has 3 fully saturated rings. The van der Waals surface area contributed by atoms with Crippen LogP contribution in [0, 0.1) is 23.7 Å². The Morgan fingerprint density at radius 1 is 1.16 bits per heavy atom. The Labute approximate surface area is 146 Å². The van der Waals surface area contributed by atoms with Gasteiger partial charge in [-0.3, -0.25) is 9.48 Å². The molecule has 132 valence electrons. The predicted molar refractivity (Wildman–Crippen MR) is 91.0 cm³/mol. The van der Waals surface area contributed by atoms with Crippen molar-refractivity contribution < 1.29 is 4.79 Å². The molecule has 7 heteroatoms. The number of fused-ring (bicyclic) bond motifs is 2. The number of rotatable bonds is 3. The van der Waals surface area contributed by atoms with Gasteiger partial charge in [0.2, 0.25) is 0 Å². The van der Waals surface area contributed by atoms with Crippen molar-refractivity contribution in [2.45, 2.75) is 44.6 Å². The Hall–Kier alpha value is -2.18. The van der Waals surface area contributed by atoms with Gasteiger partial charge < -0.3 is 5.32 Å². The zero-order valence-corrected chi connectivity index (χ0v) is 14.5. The lowest BCUT2D eigenvalue weighted by Gasteiger charge is -2.27. The zero-order chi connectivity index (χ0) is 17.0. The van der Waals surface area contributed by atoms with E-state index in [4.69, 9.17) is 0 Å². The van der Waals surface area contributed by atoms with Crippen molar-refractivity contribution in [3.8, 4) is 5.82 Å². The molecule has 0 radical (unpaired) electrons. The number of nitrogens with zero attached hydrogens (tertiary/aromatic N) is 5.